The van der Waals surface area contributed by atoms with Crippen LogP contribution in [0, 0.1) is 0 Å². The van der Waals surface area contributed by atoms with Crippen molar-refractivity contribution >= 4 is 11.3 Å². The Kier molecular flexibility index (Phi) is 5.14. The maximum absolute atomic E-state index is 5.59. The van der Waals surface area contributed by atoms with Crippen molar-refractivity contribution in [3.05, 3.63) is 54.1 Å². The van der Waals surface area contributed by atoms with Crippen LogP contribution in [0.4, 0.5) is 5.69 Å². The van der Waals surface area contributed by atoms with Gasteiger partial charge in [-0.05, 0) is 38.5 Å². The van der Waals surface area contributed by atoms with Crippen LogP contribution in [0.3, 0.4) is 0 Å². The molecule has 1 aliphatic rings. The highest BCUT2D eigenvalue weighted by Crippen LogP contribution is 2.42. The number of benzene rings is 2. The van der Waals surface area contributed by atoms with Crippen LogP contribution in [-0.2, 0) is 0 Å². The lowest BCUT2D eigenvalue weighted by Crippen LogP contribution is -2.34. The van der Waals surface area contributed by atoms with Crippen LogP contribution >= 0.6 is 0 Å². The summed E-state index contributed by atoms with van der Waals surface area (Å²) in [5, 5.41) is 7.26. The fourth-order valence-corrected chi connectivity index (χ4v) is 3.46. The molecule has 0 saturated heterocycles. The lowest BCUT2D eigenvalue weighted by molar-refractivity contribution is 0.416. The van der Waals surface area contributed by atoms with Crippen LogP contribution in [-0.4, -0.2) is 25.7 Å². The molecule has 2 N–H and O–H groups in total. The molecule has 0 unspecified atom stereocenters. The summed E-state index contributed by atoms with van der Waals surface area (Å²) in [7, 11) is 1.73. The lowest BCUT2D eigenvalue weighted by Gasteiger charge is -2.34. The van der Waals surface area contributed by atoms with Crippen molar-refractivity contribution in [2.45, 2.75) is 32.7 Å². The first-order valence-electron chi connectivity index (χ1n) is 9.03. The maximum atomic E-state index is 5.59. The zero-order chi connectivity index (χ0) is 17.9. The highest BCUT2D eigenvalue weighted by Gasteiger charge is 2.26. The normalized spacial score (nSPS) is 15.1. The summed E-state index contributed by atoms with van der Waals surface area (Å²) in [6.07, 6.45) is 3.48. The number of fused-ring (bicyclic) bond motifs is 1. The molecular formula is C22H28N2O. The molecule has 0 aromatic heterocycles. The minimum atomic E-state index is -0.0889. The summed E-state index contributed by atoms with van der Waals surface area (Å²) in [6.45, 7) is 8.55. The first-order valence-corrected chi connectivity index (χ1v) is 9.03. The van der Waals surface area contributed by atoms with Crippen molar-refractivity contribution in [1.29, 1.82) is 0 Å². The van der Waals surface area contributed by atoms with Crippen molar-refractivity contribution < 1.29 is 4.74 Å². The van der Waals surface area contributed by atoms with Crippen LogP contribution in [0.2, 0.25) is 0 Å². The Morgan fingerprint density at radius 1 is 1.00 bits per heavy atom. The van der Waals surface area contributed by atoms with Crippen molar-refractivity contribution in [2.24, 2.45) is 0 Å². The number of hydrogen-bond donors (Lipinski definition) is 2. The molecule has 3 nitrogen and oxygen atoms in total. The van der Waals surface area contributed by atoms with Gasteiger partial charge in [-0.15, -0.1) is 0 Å². The average Bonchev–Trinajstić information content (AvgIpc) is 2.60. The fraction of sp³-hybridized carbons (Fsp3) is 0.364. The highest BCUT2D eigenvalue weighted by atomic mass is 16.5. The van der Waals surface area contributed by atoms with Crippen LogP contribution in [0.5, 0.6) is 5.75 Å². The molecular weight excluding hydrogens is 308 g/mol. The van der Waals surface area contributed by atoms with E-state index in [4.69, 9.17) is 4.74 Å². The minimum Gasteiger partial charge on any atom is -0.496 e. The molecule has 25 heavy (non-hydrogen) atoms. The quantitative estimate of drug-likeness (QED) is 0.732. The predicted molar refractivity (Wildman–Crippen MR) is 107 cm³/mol. The molecule has 3 rings (SSSR count). The lowest BCUT2D eigenvalue weighted by atomic mass is 9.87. The van der Waals surface area contributed by atoms with Crippen LogP contribution in [0.15, 0.2) is 48.5 Å². The van der Waals surface area contributed by atoms with E-state index < -0.39 is 0 Å². The SMILES string of the molecule is CCCNCC1=CC(C)(C)Nc2c1cccc2-c1ccccc1OC. The first kappa shape index (κ1) is 17.6. The Labute approximate surface area is 151 Å². The Morgan fingerprint density at radius 3 is 2.48 bits per heavy atom. The number of rotatable bonds is 6. The fourth-order valence-electron chi connectivity index (χ4n) is 3.46. The average molecular weight is 336 g/mol. The van der Waals surface area contributed by atoms with Crippen molar-refractivity contribution in [3.8, 4) is 16.9 Å². The third-order valence-corrected chi connectivity index (χ3v) is 4.53. The van der Waals surface area contributed by atoms with Gasteiger partial charge in [0.05, 0.1) is 18.3 Å². The number of hydrogen-bond acceptors (Lipinski definition) is 3. The van der Waals surface area contributed by atoms with Gasteiger partial charge >= 0.3 is 0 Å². The molecule has 0 radical (unpaired) electrons. The Bertz CT molecular complexity index is 777. The number of anilines is 1. The summed E-state index contributed by atoms with van der Waals surface area (Å²) in [6, 6.07) is 14.7. The number of para-hydroxylation sites is 2. The molecule has 0 aliphatic carbocycles. The van der Waals surface area contributed by atoms with E-state index in [0.29, 0.717) is 0 Å². The number of ether oxygens (including phenoxy) is 1. The Hall–Kier alpha value is -2.26. The third-order valence-electron chi connectivity index (χ3n) is 4.53. The second-order valence-electron chi connectivity index (χ2n) is 7.12. The van der Waals surface area contributed by atoms with Crippen LogP contribution < -0.4 is 15.4 Å². The highest BCUT2D eigenvalue weighted by molar-refractivity contribution is 5.93. The predicted octanol–water partition coefficient (Wildman–Crippen LogP) is 4.95. The molecule has 2 aromatic carbocycles. The van der Waals surface area contributed by atoms with Gasteiger partial charge in [-0.25, -0.2) is 0 Å². The summed E-state index contributed by atoms with van der Waals surface area (Å²) < 4.78 is 5.59. The minimum absolute atomic E-state index is 0.0889. The summed E-state index contributed by atoms with van der Waals surface area (Å²) in [5.41, 5.74) is 6.02. The van der Waals surface area contributed by atoms with Gasteiger partial charge in [0, 0.05) is 23.2 Å². The van der Waals surface area contributed by atoms with Crippen molar-refractivity contribution in [3.63, 3.8) is 0 Å². The molecule has 0 bridgehead atoms. The van der Waals surface area contributed by atoms with E-state index in [1.54, 1.807) is 7.11 Å². The first-order chi connectivity index (χ1) is 12.1. The van der Waals surface area contributed by atoms with Crippen LogP contribution in [0.1, 0.15) is 32.8 Å². The molecule has 3 heteroatoms. The number of nitrogens with one attached hydrogen (secondary N) is 2. The summed E-state index contributed by atoms with van der Waals surface area (Å²) in [4.78, 5) is 0. The van der Waals surface area contributed by atoms with E-state index in [2.05, 4.69) is 67.8 Å². The second-order valence-corrected chi connectivity index (χ2v) is 7.12. The Morgan fingerprint density at radius 2 is 1.72 bits per heavy atom. The van der Waals surface area contributed by atoms with Crippen LogP contribution in [0.25, 0.3) is 16.7 Å². The Balaban J connectivity index is 2.09. The van der Waals surface area contributed by atoms with E-state index in [1.165, 1.54) is 22.4 Å². The molecule has 1 heterocycles. The van der Waals surface area contributed by atoms with Gasteiger partial charge < -0.3 is 15.4 Å². The molecule has 0 atom stereocenters. The van der Waals surface area contributed by atoms with Gasteiger partial charge in [0.15, 0.2) is 0 Å². The van der Waals surface area contributed by atoms with Gasteiger partial charge in [-0.1, -0.05) is 49.4 Å². The van der Waals surface area contributed by atoms with Gasteiger partial charge in [0.1, 0.15) is 5.75 Å². The topological polar surface area (TPSA) is 33.3 Å². The number of methoxy groups -OCH3 is 1. The molecule has 0 spiro atoms. The molecule has 0 amide bonds. The van der Waals surface area contributed by atoms with E-state index in [-0.39, 0.29) is 5.54 Å². The molecule has 2 aromatic rings. The van der Waals surface area contributed by atoms with Gasteiger partial charge in [-0.3, -0.25) is 0 Å². The zero-order valence-electron chi connectivity index (χ0n) is 15.6. The van der Waals surface area contributed by atoms with E-state index in [9.17, 15) is 0 Å². The molecule has 132 valence electrons. The maximum Gasteiger partial charge on any atom is 0.126 e. The monoisotopic (exact) mass is 336 g/mol. The van der Waals surface area contributed by atoms with E-state index in [1.807, 2.05) is 12.1 Å². The van der Waals surface area contributed by atoms with Crippen molar-refractivity contribution in [2.75, 3.05) is 25.5 Å². The van der Waals surface area contributed by atoms with Gasteiger partial charge in [0.25, 0.3) is 0 Å². The molecule has 1 aliphatic heterocycles. The van der Waals surface area contributed by atoms with E-state index in [0.717, 1.165) is 30.8 Å². The summed E-state index contributed by atoms with van der Waals surface area (Å²) in [5.74, 6) is 0.899. The standard InChI is InChI=1S/C22H28N2O/c1-5-13-23-15-16-14-22(2,3)24-21-17(16)10-8-11-19(21)18-9-6-7-12-20(18)25-4/h6-12,14,23-24H,5,13,15H2,1-4H3. The third kappa shape index (κ3) is 3.72. The second kappa shape index (κ2) is 7.32. The molecule has 0 saturated carbocycles. The zero-order valence-corrected chi connectivity index (χ0v) is 15.6. The molecule has 0 fully saturated rings. The van der Waals surface area contributed by atoms with Gasteiger partial charge in [0.2, 0.25) is 0 Å². The van der Waals surface area contributed by atoms with Crippen molar-refractivity contribution in [1.82, 2.24) is 5.32 Å². The smallest absolute Gasteiger partial charge is 0.126 e. The van der Waals surface area contributed by atoms with Gasteiger partial charge in [-0.2, -0.15) is 0 Å². The summed E-state index contributed by atoms with van der Waals surface area (Å²) >= 11 is 0. The van der Waals surface area contributed by atoms with E-state index >= 15 is 0 Å². The largest absolute Gasteiger partial charge is 0.496 e.